The number of carbonyl (C=O) groups excluding carboxylic acids is 1. The highest BCUT2D eigenvalue weighted by Crippen LogP contribution is 2.31. The number of ether oxygens (including phenoxy) is 1. The van der Waals surface area contributed by atoms with E-state index in [0.29, 0.717) is 0 Å². The van der Waals surface area contributed by atoms with Crippen LogP contribution in [0.1, 0.15) is 54.7 Å². The molecule has 0 radical (unpaired) electrons. The van der Waals surface area contributed by atoms with Crippen molar-refractivity contribution in [1.29, 1.82) is 0 Å². The first-order chi connectivity index (χ1) is 12.3. The summed E-state index contributed by atoms with van der Waals surface area (Å²) in [6.07, 6.45) is 6.67. The van der Waals surface area contributed by atoms with Gasteiger partial charge in [0.25, 0.3) is 0 Å². The van der Waals surface area contributed by atoms with E-state index in [9.17, 15) is 4.79 Å². The lowest BCUT2D eigenvalue weighted by Crippen LogP contribution is -2.44. The Morgan fingerprint density at radius 3 is 2.80 bits per heavy atom. The minimum atomic E-state index is -0.150. The van der Waals surface area contributed by atoms with Crippen LogP contribution in [0.4, 0.5) is 4.79 Å². The van der Waals surface area contributed by atoms with Crippen LogP contribution in [0.25, 0.3) is 0 Å². The van der Waals surface area contributed by atoms with Gasteiger partial charge in [-0.2, -0.15) is 0 Å². The summed E-state index contributed by atoms with van der Waals surface area (Å²) in [5.41, 5.74) is 2.19. The fourth-order valence-electron chi connectivity index (χ4n) is 3.89. The van der Waals surface area contributed by atoms with Gasteiger partial charge >= 0.3 is 6.03 Å². The van der Waals surface area contributed by atoms with Crippen LogP contribution >= 0.6 is 0 Å². The second-order valence-corrected chi connectivity index (χ2v) is 6.80. The van der Waals surface area contributed by atoms with Crippen LogP contribution in [0.15, 0.2) is 47.1 Å². The smallest absolute Gasteiger partial charge is 0.315 e. The summed E-state index contributed by atoms with van der Waals surface area (Å²) in [6, 6.07) is 11.8. The zero-order chi connectivity index (χ0) is 17.1. The molecule has 5 heteroatoms. The van der Waals surface area contributed by atoms with Gasteiger partial charge in [-0.15, -0.1) is 0 Å². The van der Waals surface area contributed by atoms with Gasteiger partial charge in [0.15, 0.2) is 0 Å². The first-order valence-electron chi connectivity index (χ1n) is 9.11. The fourth-order valence-corrected chi connectivity index (χ4v) is 3.89. The molecular formula is C20H24N2O3. The molecular weight excluding hydrogens is 316 g/mol. The first-order valence-corrected chi connectivity index (χ1v) is 9.11. The molecule has 1 aliphatic heterocycles. The zero-order valence-electron chi connectivity index (χ0n) is 14.2. The predicted octanol–water partition coefficient (Wildman–Crippen LogP) is 3.88. The van der Waals surface area contributed by atoms with Crippen molar-refractivity contribution >= 4 is 6.03 Å². The molecule has 25 heavy (non-hydrogen) atoms. The number of carbonyl (C=O) groups is 1. The molecule has 132 valence electrons. The highest BCUT2D eigenvalue weighted by Gasteiger charge is 2.30. The number of furan rings is 1. The van der Waals surface area contributed by atoms with E-state index in [-0.39, 0.29) is 24.2 Å². The first kappa shape index (κ1) is 16.2. The summed E-state index contributed by atoms with van der Waals surface area (Å²) in [5, 5.41) is 6.26. The van der Waals surface area contributed by atoms with E-state index in [4.69, 9.17) is 9.15 Å². The Balaban J connectivity index is 1.46. The number of rotatable bonds is 4. The average molecular weight is 340 g/mol. The van der Waals surface area contributed by atoms with Crippen LogP contribution < -0.4 is 10.6 Å². The van der Waals surface area contributed by atoms with Crippen molar-refractivity contribution in [1.82, 2.24) is 10.6 Å². The number of amides is 2. The summed E-state index contributed by atoms with van der Waals surface area (Å²) in [7, 11) is 0. The number of fused-ring (bicyclic) bond motifs is 1. The van der Waals surface area contributed by atoms with Crippen LogP contribution in [0.3, 0.4) is 0 Å². The summed E-state index contributed by atoms with van der Waals surface area (Å²) < 4.78 is 11.4. The zero-order valence-corrected chi connectivity index (χ0v) is 14.2. The Morgan fingerprint density at radius 2 is 2.00 bits per heavy atom. The molecule has 1 saturated heterocycles. The quantitative estimate of drug-likeness (QED) is 0.888. The molecule has 2 heterocycles. The van der Waals surface area contributed by atoms with Gasteiger partial charge in [-0.3, -0.25) is 0 Å². The molecule has 0 saturated carbocycles. The van der Waals surface area contributed by atoms with E-state index in [2.05, 4.69) is 10.6 Å². The number of urea groups is 1. The van der Waals surface area contributed by atoms with Gasteiger partial charge in [-0.05, 0) is 37.3 Å². The summed E-state index contributed by atoms with van der Waals surface area (Å²) in [5.74, 6) is 0.996. The van der Waals surface area contributed by atoms with Crippen LogP contribution in [0.5, 0.6) is 0 Å². The predicted molar refractivity (Wildman–Crippen MR) is 94.2 cm³/mol. The lowest BCUT2D eigenvalue weighted by Gasteiger charge is -2.27. The van der Waals surface area contributed by atoms with Gasteiger partial charge < -0.3 is 19.8 Å². The average Bonchev–Trinajstić information content (AvgIpc) is 3.32. The van der Waals surface area contributed by atoms with E-state index < -0.39 is 0 Å². The lowest BCUT2D eigenvalue weighted by atomic mass is 9.93. The molecule has 3 unspecified atom stereocenters. The van der Waals surface area contributed by atoms with E-state index in [0.717, 1.165) is 55.6 Å². The van der Waals surface area contributed by atoms with Crippen molar-refractivity contribution in [2.75, 3.05) is 6.61 Å². The van der Waals surface area contributed by atoms with Crippen molar-refractivity contribution < 1.29 is 13.9 Å². The van der Waals surface area contributed by atoms with Crippen LogP contribution in [-0.4, -0.2) is 18.7 Å². The van der Waals surface area contributed by atoms with Crippen LogP contribution in [0, 0.1) is 0 Å². The summed E-state index contributed by atoms with van der Waals surface area (Å²) >= 11 is 0. The number of aryl methyl sites for hydroxylation is 1. The Bertz CT molecular complexity index is 707. The SMILES string of the molecule is O=C(NC1CCCc2occc21)NC(c1ccccc1)C1CCCO1. The Kier molecular flexibility index (Phi) is 4.74. The molecule has 2 aliphatic rings. The molecule has 3 atom stereocenters. The molecule has 2 amide bonds. The number of nitrogens with one attached hydrogen (secondary N) is 2. The number of hydrogen-bond acceptors (Lipinski definition) is 3. The maximum Gasteiger partial charge on any atom is 0.315 e. The third-order valence-corrected chi connectivity index (χ3v) is 5.14. The van der Waals surface area contributed by atoms with Crippen molar-refractivity contribution in [2.24, 2.45) is 0 Å². The van der Waals surface area contributed by atoms with E-state index in [1.54, 1.807) is 6.26 Å². The lowest BCUT2D eigenvalue weighted by molar-refractivity contribution is 0.0805. The van der Waals surface area contributed by atoms with Crippen LogP contribution in [0.2, 0.25) is 0 Å². The van der Waals surface area contributed by atoms with Gasteiger partial charge in [0.05, 0.1) is 24.5 Å². The number of benzene rings is 1. The van der Waals surface area contributed by atoms with E-state index in [1.807, 2.05) is 36.4 Å². The second-order valence-electron chi connectivity index (χ2n) is 6.80. The normalized spacial score (nSPS) is 23.7. The summed E-state index contributed by atoms with van der Waals surface area (Å²) in [6.45, 7) is 0.762. The van der Waals surface area contributed by atoms with Gasteiger partial charge in [0.2, 0.25) is 0 Å². The molecule has 1 aromatic heterocycles. The topological polar surface area (TPSA) is 63.5 Å². The molecule has 0 bridgehead atoms. The monoisotopic (exact) mass is 340 g/mol. The molecule has 2 N–H and O–H groups in total. The van der Waals surface area contributed by atoms with Crippen molar-refractivity contribution in [3.05, 3.63) is 59.5 Å². The molecule has 2 aromatic rings. The Labute approximate surface area is 147 Å². The van der Waals surface area contributed by atoms with Crippen molar-refractivity contribution in [2.45, 2.75) is 50.3 Å². The van der Waals surface area contributed by atoms with Crippen LogP contribution in [-0.2, 0) is 11.2 Å². The van der Waals surface area contributed by atoms with Crippen molar-refractivity contribution in [3.63, 3.8) is 0 Å². The molecule has 1 aromatic carbocycles. The molecule has 4 rings (SSSR count). The second kappa shape index (κ2) is 7.31. The summed E-state index contributed by atoms with van der Waals surface area (Å²) in [4.78, 5) is 12.7. The molecule has 1 fully saturated rings. The fraction of sp³-hybridized carbons (Fsp3) is 0.450. The number of hydrogen-bond donors (Lipinski definition) is 2. The van der Waals surface area contributed by atoms with Crippen molar-refractivity contribution in [3.8, 4) is 0 Å². The van der Waals surface area contributed by atoms with Gasteiger partial charge in [-0.1, -0.05) is 30.3 Å². The third kappa shape index (κ3) is 3.56. The maximum atomic E-state index is 12.7. The maximum absolute atomic E-state index is 12.7. The highest BCUT2D eigenvalue weighted by atomic mass is 16.5. The largest absolute Gasteiger partial charge is 0.469 e. The molecule has 5 nitrogen and oxygen atoms in total. The highest BCUT2D eigenvalue weighted by molar-refractivity contribution is 5.75. The minimum Gasteiger partial charge on any atom is -0.469 e. The minimum absolute atomic E-state index is 0.0171. The van der Waals surface area contributed by atoms with Gasteiger partial charge in [0.1, 0.15) is 5.76 Å². The third-order valence-electron chi connectivity index (χ3n) is 5.14. The Hall–Kier alpha value is -2.27. The Morgan fingerprint density at radius 1 is 1.12 bits per heavy atom. The van der Waals surface area contributed by atoms with Gasteiger partial charge in [-0.25, -0.2) is 4.79 Å². The standard InChI is InChI=1S/C20H24N2O3/c23-20(21-16-8-4-9-17-15(16)11-13-25-17)22-19(18-10-5-12-24-18)14-6-2-1-3-7-14/h1-3,6-7,11,13,16,18-19H,4-5,8-10,12H2,(H2,21,22,23). The van der Waals surface area contributed by atoms with E-state index in [1.165, 1.54) is 0 Å². The molecule has 1 aliphatic carbocycles. The molecule has 0 spiro atoms. The van der Waals surface area contributed by atoms with E-state index >= 15 is 0 Å². The van der Waals surface area contributed by atoms with Gasteiger partial charge in [0, 0.05) is 18.6 Å².